The van der Waals surface area contributed by atoms with Gasteiger partial charge in [-0.05, 0) is 55.5 Å². The number of nitrogens with zero attached hydrogens (tertiary/aromatic N) is 3. The molecule has 0 spiro atoms. The van der Waals surface area contributed by atoms with Gasteiger partial charge in [0.15, 0.2) is 16.6 Å². The Hall–Kier alpha value is -3.73. The molecule has 8 nitrogen and oxygen atoms in total. The summed E-state index contributed by atoms with van der Waals surface area (Å²) in [4.78, 5) is 10.9. The van der Waals surface area contributed by atoms with Crippen molar-refractivity contribution in [2.24, 2.45) is 12.1 Å². The molecule has 0 unspecified atom stereocenters. The molecule has 0 radical (unpaired) electrons. The van der Waals surface area contributed by atoms with Gasteiger partial charge in [-0.15, -0.1) is 0 Å². The molecule has 3 aromatic rings. The number of nitrogens with one attached hydrogen (secondary N) is 2. The van der Waals surface area contributed by atoms with Gasteiger partial charge in [0.1, 0.15) is 19.4 Å². The van der Waals surface area contributed by atoms with E-state index >= 15 is 0 Å². The number of hydrogen-bond acceptors (Lipinski definition) is 5. The van der Waals surface area contributed by atoms with Crippen molar-refractivity contribution in [2.75, 3.05) is 5.32 Å². The second-order valence-electron chi connectivity index (χ2n) is 6.78. The van der Waals surface area contributed by atoms with E-state index in [9.17, 15) is 14.3 Å². The summed E-state index contributed by atoms with van der Waals surface area (Å²) in [6.07, 6.45) is 0. The first-order valence-electron chi connectivity index (χ1n) is 9.15. The summed E-state index contributed by atoms with van der Waals surface area (Å²) >= 11 is 5.19. The molecule has 31 heavy (non-hydrogen) atoms. The van der Waals surface area contributed by atoms with Gasteiger partial charge in [0.05, 0.1) is 11.3 Å². The molecule has 0 aliphatic carbocycles. The van der Waals surface area contributed by atoms with Crippen molar-refractivity contribution < 1.29 is 19.4 Å². The summed E-state index contributed by atoms with van der Waals surface area (Å²) in [6, 6.07) is 10.6. The predicted octanol–water partition coefficient (Wildman–Crippen LogP) is 1.60. The van der Waals surface area contributed by atoms with Crippen molar-refractivity contribution in [1.82, 2.24) is 15.2 Å². The van der Waals surface area contributed by atoms with E-state index in [2.05, 4.69) is 20.9 Å². The number of hydrogen-bond donors (Lipinski definition) is 4. The van der Waals surface area contributed by atoms with Crippen LogP contribution < -0.4 is 16.2 Å². The number of rotatable bonds is 5. The van der Waals surface area contributed by atoms with E-state index in [1.165, 1.54) is 22.9 Å². The van der Waals surface area contributed by atoms with Crippen molar-refractivity contribution >= 4 is 48.0 Å². The van der Waals surface area contributed by atoms with Gasteiger partial charge >= 0.3 is 5.97 Å². The summed E-state index contributed by atoms with van der Waals surface area (Å²) < 4.78 is 15.1. The number of aromatic nitrogens is 2. The monoisotopic (exact) mass is 439 g/mol. The van der Waals surface area contributed by atoms with Crippen LogP contribution in [0.1, 0.15) is 23.0 Å². The van der Waals surface area contributed by atoms with Crippen LogP contribution in [0.15, 0.2) is 47.6 Å². The van der Waals surface area contributed by atoms with Crippen molar-refractivity contribution in [3.63, 3.8) is 0 Å². The molecule has 3 rings (SSSR count). The van der Waals surface area contributed by atoms with Crippen molar-refractivity contribution in [1.29, 1.82) is 0 Å². The molecule has 1 aromatic heterocycles. The van der Waals surface area contributed by atoms with Gasteiger partial charge in [-0.2, -0.15) is 10.2 Å². The molecular weight excluding hydrogens is 420 g/mol. The Morgan fingerprint density at radius 1 is 1.26 bits per heavy atom. The van der Waals surface area contributed by atoms with Crippen LogP contribution in [0.5, 0.6) is 5.75 Å². The van der Waals surface area contributed by atoms with Crippen LogP contribution >= 0.6 is 12.2 Å². The minimum absolute atomic E-state index is 0.0836. The third-order valence-electron chi connectivity index (χ3n) is 4.51. The second-order valence-corrected chi connectivity index (χ2v) is 7.19. The molecule has 4 N–H and O–H groups in total. The molecule has 11 heteroatoms. The van der Waals surface area contributed by atoms with Gasteiger partial charge in [0.25, 0.3) is 0 Å². The van der Waals surface area contributed by atoms with Crippen LogP contribution in [-0.2, 0) is 7.05 Å². The number of thiocarbonyl (C=S) groups is 1. The molecule has 0 amide bonds. The Morgan fingerprint density at radius 2 is 1.94 bits per heavy atom. The zero-order valence-corrected chi connectivity index (χ0v) is 17.8. The Morgan fingerprint density at radius 3 is 2.55 bits per heavy atom. The SMILES string of the molecule is Bc1cc(-c2c(O)c(/C(C)=N/NC(=S)Nc3ccc(C(=O)O)cc3)nn2C)ccc1F. The van der Waals surface area contributed by atoms with E-state index < -0.39 is 5.97 Å². The lowest BCUT2D eigenvalue weighted by molar-refractivity contribution is 0.0697. The minimum atomic E-state index is -1.02. The molecule has 0 aliphatic rings. The van der Waals surface area contributed by atoms with Gasteiger partial charge in [0.2, 0.25) is 0 Å². The van der Waals surface area contributed by atoms with Crippen LogP contribution in [0.25, 0.3) is 11.3 Å². The number of carboxylic acids is 1. The largest absolute Gasteiger partial charge is 0.504 e. The van der Waals surface area contributed by atoms with Crippen molar-refractivity contribution in [2.45, 2.75) is 6.92 Å². The molecule has 0 aliphatic heterocycles. The van der Waals surface area contributed by atoms with E-state index in [0.29, 0.717) is 28.1 Å². The highest BCUT2D eigenvalue weighted by molar-refractivity contribution is 7.80. The van der Waals surface area contributed by atoms with Crippen molar-refractivity contribution in [3.8, 4) is 17.0 Å². The average Bonchev–Trinajstić information content (AvgIpc) is 3.03. The third kappa shape index (κ3) is 4.89. The van der Waals surface area contributed by atoms with Gasteiger partial charge < -0.3 is 15.5 Å². The number of halogens is 1. The number of anilines is 1. The highest BCUT2D eigenvalue weighted by Crippen LogP contribution is 2.31. The Kier molecular flexibility index (Phi) is 6.35. The Labute approximate surface area is 183 Å². The zero-order chi connectivity index (χ0) is 22.7. The highest BCUT2D eigenvalue weighted by Gasteiger charge is 2.19. The van der Waals surface area contributed by atoms with E-state index in [1.807, 2.05) is 0 Å². The molecule has 1 heterocycles. The zero-order valence-electron chi connectivity index (χ0n) is 17.0. The fraction of sp³-hybridized carbons (Fsp3) is 0.100. The second kappa shape index (κ2) is 8.96. The standard InChI is InChI=1S/C20H19BFN5O3S/c1-10(24-25-20(31)23-13-6-3-11(4-7-13)19(29)30)16-18(28)17(27(2)26-16)12-5-8-15(22)14(21)9-12/h3-9,28H,21H2,1-2H3,(H,29,30)(H2,23,25,31)/b24-10+. The number of aromatic hydroxyl groups is 1. The van der Waals surface area contributed by atoms with E-state index in [-0.39, 0.29) is 27.9 Å². The van der Waals surface area contributed by atoms with E-state index in [1.54, 1.807) is 46.1 Å². The maximum absolute atomic E-state index is 13.6. The van der Waals surface area contributed by atoms with Gasteiger partial charge in [-0.1, -0.05) is 11.5 Å². The maximum atomic E-state index is 13.6. The first-order chi connectivity index (χ1) is 14.7. The van der Waals surface area contributed by atoms with Crippen LogP contribution in [-0.4, -0.2) is 44.6 Å². The highest BCUT2D eigenvalue weighted by atomic mass is 32.1. The van der Waals surface area contributed by atoms with Gasteiger partial charge in [0, 0.05) is 18.3 Å². The van der Waals surface area contributed by atoms with Crippen LogP contribution in [0, 0.1) is 5.82 Å². The van der Waals surface area contributed by atoms with Crippen molar-refractivity contribution in [3.05, 3.63) is 59.5 Å². The van der Waals surface area contributed by atoms with Crippen LogP contribution in [0.2, 0.25) is 0 Å². The van der Waals surface area contributed by atoms with Gasteiger partial charge in [-0.3, -0.25) is 10.1 Å². The maximum Gasteiger partial charge on any atom is 0.335 e. The normalized spacial score (nSPS) is 11.3. The van der Waals surface area contributed by atoms with Gasteiger partial charge in [-0.25, -0.2) is 9.18 Å². The molecule has 0 saturated heterocycles. The van der Waals surface area contributed by atoms with Crippen LogP contribution in [0.4, 0.5) is 10.1 Å². The molecule has 2 aromatic carbocycles. The lowest BCUT2D eigenvalue weighted by Gasteiger charge is -2.08. The molecule has 158 valence electrons. The molecule has 0 saturated carbocycles. The lowest BCUT2D eigenvalue weighted by Crippen LogP contribution is -2.25. The summed E-state index contributed by atoms with van der Waals surface area (Å²) in [7, 11) is 3.32. The summed E-state index contributed by atoms with van der Waals surface area (Å²) in [5.74, 6) is -1.43. The third-order valence-corrected chi connectivity index (χ3v) is 4.70. The van der Waals surface area contributed by atoms with E-state index in [0.717, 1.165) is 0 Å². The molecular formula is C20H19BFN5O3S. The summed E-state index contributed by atoms with van der Waals surface area (Å²) in [5, 5.41) is 31.1. The summed E-state index contributed by atoms with van der Waals surface area (Å²) in [6.45, 7) is 1.65. The first kappa shape index (κ1) is 22.0. The Bertz CT molecular complexity index is 1190. The molecule has 0 bridgehead atoms. The number of carbonyl (C=O) groups is 1. The molecule has 0 atom stereocenters. The fourth-order valence-corrected chi connectivity index (χ4v) is 3.08. The summed E-state index contributed by atoms with van der Waals surface area (Å²) in [5.41, 5.74) is 5.56. The van der Waals surface area contributed by atoms with Crippen LogP contribution in [0.3, 0.4) is 0 Å². The molecule has 0 fully saturated rings. The number of aromatic carboxylic acids is 1. The first-order valence-corrected chi connectivity index (χ1v) is 9.55. The Balaban J connectivity index is 1.75. The number of hydrazone groups is 1. The number of carboxylic acid groups (broad SMARTS) is 1. The topological polar surface area (TPSA) is 112 Å². The van der Waals surface area contributed by atoms with E-state index in [4.69, 9.17) is 17.3 Å². The number of aryl methyl sites for hydroxylation is 1. The average molecular weight is 439 g/mol. The number of benzene rings is 2. The lowest BCUT2D eigenvalue weighted by atomic mass is 9.92. The quantitative estimate of drug-likeness (QED) is 0.207. The fourth-order valence-electron chi connectivity index (χ4n) is 2.91. The smallest absolute Gasteiger partial charge is 0.335 e. The minimum Gasteiger partial charge on any atom is -0.504 e. The predicted molar refractivity (Wildman–Crippen MR) is 123 cm³/mol.